The van der Waals surface area contributed by atoms with Gasteiger partial charge >= 0.3 is 0 Å². The first kappa shape index (κ1) is 13.9. The first-order valence-electron chi connectivity index (χ1n) is 6.21. The van der Waals surface area contributed by atoms with Gasteiger partial charge in [-0.1, -0.05) is 13.8 Å². The van der Waals surface area contributed by atoms with Crippen molar-refractivity contribution in [2.75, 3.05) is 19.4 Å². The molecule has 1 heterocycles. The summed E-state index contributed by atoms with van der Waals surface area (Å²) in [6.07, 6.45) is 4.82. The summed E-state index contributed by atoms with van der Waals surface area (Å²) in [7, 11) is 3.99. The predicted octanol–water partition coefficient (Wildman–Crippen LogP) is 2.38. The third-order valence-corrected chi connectivity index (χ3v) is 2.94. The summed E-state index contributed by atoms with van der Waals surface area (Å²) >= 11 is 0. The first-order valence-corrected chi connectivity index (χ1v) is 6.21. The maximum atomic E-state index is 4.38. The zero-order valence-electron chi connectivity index (χ0n) is 11.6. The van der Waals surface area contributed by atoms with Crippen molar-refractivity contribution in [1.82, 2.24) is 14.9 Å². The fourth-order valence-corrected chi connectivity index (χ4v) is 1.84. The predicted molar refractivity (Wildman–Crippen MR) is 72.0 cm³/mol. The third kappa shape index (κ3) is 4.69. The standard InChI is InChI=1S/C13H24N4/c1-10(2)6-11(3)17(5)9-12-7-16-13(14-4)8-15-12/h7-8,10-11H,6,9H2,1-5H3,(H,14,16). The lowest BCUT2D eigenvalue weighted by atomic mass is 10.0. The van der Waals surface area contributed by atoms with Crippen LogP contribution in [0.2, 0.25) is 0 Å². The monoisotopic (exact) mass is 236 g/mol. The van der Waals surface area contributed by atoms with E-state index in [1.165, 1.54) is 6.42 Å². The number of anilines is 1. The Morgan fingerprint density at radius 2 is 1.94 bits per heavy atom. The van der Waals surface area contributed by atoms with Gasteiger partial charge in [-0.05, 0) is 26.3 Å². The lowest BCUT2D eigenvalue weighted by molar-refractivity contribution is 0.218. The van der Waals surface area contributed by atoms with Crippen LogP contribution in [-0.2, 0) is 6.54 Å². The minimum atomic E-state index is 0.570. The fraction of sp³-hybridized carbons (Fsp3) is 0.692. The Hall–Kier alpha value is -1.16. The van der Waals surface area contributed by atoms with Gasteiger partial charge in [0.2, 0.25) is 0 Å². The SMILES string of the molecule is CNc1cnc(CN(C)C(C)CC(C)C)cn1. The molecule has 0 spiro atoms. The molecule has 1 rings (SSSR count). The second kappa shape index (κ2) is 6.55. The van der Waals surface area contributed by atoms with Crippen LogP contribution >= 0.6 is 0 Å². The zero-order chi connectivity index (χ0) is 12.8. The van der Waals surface area contributed by atoms with Gasteiger partial charge in [0.25, 0.3) is 0 Å². The van der Waals surface area contributed by atoms with E-state index in [4.69, 9.17) is 0 Å². The topological polar surface area (TPSA) is 41.1 Å². The third-order valence-electron chi connectivity index (χ3n) is 2.94. The van der Waals surface area contributed by atoms with Gasteiger partial charge in [0.1, 0.15) is 5.82 Å². The van der Waals surface area contributed by atoms with Gasteiger partial charge in [0.05, 0.1) is 18.1 Å². The molecule has 96 valence electrons. The van der Waals surface area contributed by atoms with Crippen LogP contribution in [0, 0.1) is 5.92 Å². The highest BCUT2D eigenvalue weighted by molar-refractivity contribution is 5.29. The highest BCUT2D eigenvalue weighted by Crippen LogP contribution is 2.12. The average molecular weight is 236 g/mol. The Labute approximate surface area is 104 Å². The van der Waals surface area contributed by atoms with Crippen LogP contribution in [0.5, 0.6) is 0 Å². The molecule has 1 N–H and O–H groups in total. The number of hydrogen-bond acceptors (Lipinski definition) is 4. The molecule has 0 saturated carbocycles. The molecule has 17 heavy (non-hydrogen) atoms. The van der Waals surface area contributed by atoms with E-state index in [1.54, 1.807) is 6.20 Å². The van der Waals surface area contributed by atoms with E-state index in [2.05, 4.69) is 48.0 Å². The smallest absolute Gasteiger partial charge is 0.144 e. The van der Waals surface area contributed by atoms with Crippen molar-refractivity contribution in [1.29, 1.82) is 0 Å². The molecule has 0 saturated heterocycles. The van der Waals surface area contributed by atoms with Gasteiger partial charge in [0, 0.05) is 19.6 Å². The van der Waals surface area contributed by atoms with Crippen molar-refractivity contribution in [2.24, 2.45) is 5.92 Å². The Kier molecular flexibility index (Phi) is 5.35. The molecule has 0 aliphatic carbocycles. The Morgan fingerprint density at radius 3 is 2.41 bits per heavy atom. The number of nitrogens with zero attached hydrogens (tertiary/aromatic N) is 3. The van der Waals surface area contributed by atoms with Crippen molar-refractivity contribution in [3.8, 4) is 0 Å². The first-order chi connectivity index (χ1) is 8.02. The van der Waals surface area contributed by atoms with Crippen LogP contribution in [0.25, 0.3) is 0 Å². The van der Waals surface area contributed by atoms with E-state index < -0.39 is 0 Å². The summed E-state index contributed by atoms with van der Waals surface area (Å²) < 4.78 is 0. The highest BCUT2D eigenvalue weighted by atomic mass is 15.1. The molecule has 0 radical (unpaired) electrons. The van der Waals surface area contributed by atoms with Gasteiger partial charge in [-0.25, -0.2) is 4.98 Å². The molecular weight excluding hydrogens is 212 g/mol. The molecule has 0 fully saturated rings. The van der Waals surface area contributed by atoms with E-state index in [1.807, 2.05) is 13.2 Å². The van der Waals surface area contributed by atoms with Crippen molar-refractivity contribution < 1.29 is 0 Å². The van der Waals surface area contributed by atoms with Crippen molar-refractivity contribution >= 4 is 5.82 Å². The number of aromatic nitrogens is 2. The van der Waals surface area contributed by atoms with Crippen LogP contribution in [-0.4, -0.2) is 35.0 Å². The molecule has 0 aliphatic heterocycles. The van der Waals surface area contributed by atoms with Crippen molar-refractivity contribution in [3.63, 3.8) is 0 Å². The van der Waals surface area contributed by atoms with Crippen molar-refractivity contribution in [2.45, 2.75) is 39.8 Å². The summed E-state index contributed by atoms with van der Waals surface area (Å²) in [6, 6.07) is 0.570. The van der Waals surface area contributed by atoms with Crippen LogP contribution in [0.1, 0.15) is 32.9 Å². The lowest BCUT2D eigenvalue weighted by Gasteiger charge is -2.25. The number of nitrogens with one attached hydrogen (secondary N) is 1. The molecule has 1 aromatic heterocycles. The molecule has 0 bridgehead atoms. The highest BCUT2D eigenvalue weighted by Gasteiger charge is 2.11. The summed E-state index contributed by atoms with van der Waals surface area (Å²) in [5.74, 6) is 1.54. The van der Waals surface area contributed by atoms with Gasteiger partial charge in [0.15, 0.2) is 0 Å². The number of hydrogen-bond donors (Lipinski definition) is 1. The van der Waals surface area contributed by atoms with Crippen LogP contribution in [0.15, 0.2) is 12.4 Å². The molecule has 1 unspecified atom stereocenters. The quantitative estimate of drug-likeness (QED) is 0.823. The van der Waals surface area contributed by atoms with Gasteiger partial charge in [-0.2, -0.15) is 0 Å². The van der Waals surface area contributed by atoms with Crippen molar-refractivity contribution in [3.05, 3.63) is 18.1 Å². The Bertz CT molecular complexity index is 321. The number of rotatable bonds is 6. The lowest BCUT2D eigenvalue weighted by Crippen LogP contribution is -2.30. The average Bonchev–Trinajstić information content (AvgIpc) is 2.29. The molecule has 0 aromatic carbocycles. The summed E-state index contributed by atoms with van der Waals surface area (Å²) in [5.41, 5.74) is 1.02. The molecule has 0 aliphatic rings. The summed E-state index contributed by atoms with van der Waals surface area (Å²) in [6.45, 7) is 7.62. The van der Waals surface area contributed by atoms with Crippen LogP contribution < -0.4 is 5.32 Å². The van der Waals surface area contributed by atoms with Crippen LogP contribution in [0.3, 0.4) is 0 Å². The van der Waals surface area contributed by atoms with Gasteiger partial charge in [-0.3, -0.25) is 9.88 Å². The molecular formula is C13H24N4. The van der Waals surface area contributed by atoms with E-state index in [9.17, 15) is 0 Å². The summed E-state index contributed by atoms with van der Waals surface area (Å²) in [4.78, 5) is 11.0. The molecule has 1 aromatic rings. The molecule has 4 nitrogen and oxygen atoms in total. The fourth-order valence-electron chi connectivity index (χ4n) is 1.84. The van der Waals surface area contributed by atoms with Gasteiger partial charge in [-0.15, -0.1) is 0 Å². The minimum absolute atomic E-state index is 0.570. The van der Waals surface area contributed by atoms with Crippen LogP contribution in [0.4, 0.5) is 5.82 Å². The second-order valence-electron chi connectivity index (χ2n) is 5.04. The largest absolute Gasteiger partial charge is 0.372 e. The van der Waals surface area contributed by atoms with E-state index in [0.717, 1.165) is 24.0 Å². The molecule has 4 heteroatoms. The zero-order valence-corrected chi connectivity index (χ0v) is 11.6. The Morgan fingerprint density at radius 1 is 1.24 bits per heavy atom. The minimum Gasteiger partial charge on any atom is -0.372 e. The normalized spacial score (nSPS) is 13.1. The molecule has 1 atom stereocenters. The second-order valence-corrected chi connectivity index (χ2v) is 5.04. The maximum Gasteiger partial charge on any atom is 0.144 e. The van der Waals surface area contributed by atoms with Gasteiger partial charge < -0.3 is 5.32 Å². The molecule has 0 amide bonds. The maximum absolute atomic E-state index is 4.38. The summed E-state index contributed by atoms with van der Waals surface area (Å²) in [5, 5.41) is 2.97. The van der Waals surface area contributed by atoms with E-state index >= 15 is 0 Å². The Balaban J connectivity index is 2.51. The van der Waals surface area contributed by atoms with E-state index in [-0.39, 0.29) is 0 Å². The van der Waals surface area contributed by atoms with E-state index in [0.29, 0.717) is 6.04 Å².